The van der Waals surface area contributed by atoms with E-state index in [2.05, 4.69) is 43.8 Å². The number of nitrogens with zero attached hydrogens (tertiary/aromatic N) is 2. The lowest BCUT2D eigenvalue weighted by Crippen LogP contribution is -2.70. The number of aliphatic hydroxyl groups excluding tert-OH is 3. The summed E-state index contributed by atoms with van der Waals surface area (Å²) in [5, 5.41) is 36.9. The zero-order valence-corrected chi connectivity index (χ0v) is 42.8. The Morgan fingerprint density at radius 1 is 0.814 bits per heavy atom. The highest BCUT2D eigenvalue weighted by molar-refractivity contribution is 6.03. The van der Waals surface area contributed by atoms with Gasteiger partial charge >= 0.3 is 6.09 Å². The van der Waals surface area contributed by atoms with Crippen LogP contribution in [0.15, 0.2) is 90.1 Å². The zero-order valence-electron chi connectivity index (χ0n) is 42.8. The minimum atomic E-state index is -1.46. The molecule has 6 atom stereocenters. The van der Waals surface area contributed by atoms with E-state index in [0.29, 0.717) is 35.8 Å². The van der Waals surface area contributed by atoms with Crippen molar-refractivity contribution in [2.45, 2.75) is 160 Å². The molecule has 3 aromatic carbocycles. The Kier molecular flexibility index (Phi) is 21.9. The van der Waals surface area contributed by atoms with Crippen LogP contribution in [0.1, 0.15) is 148 Å². The summed E-state index contributed by atoms with van der Waals surface area (Å²) < 4.78 is 33.3. The number of carbonyl (C=O) groups excluding carboxylic acids is 1. The molecule has 0 radical (unpaired) electrons. The van der Waals surface area contributed by atoms with Crippen molar-refractivity contribution in [3.8, 4) is 17.2 Å². The average molecular weight is 969 g/mol. The Bertz CT molecular complexity index is 2130. The van der Waals surface area contributed by atoms with Crippen LogP contribution in [0.2, 0.25) is 0 Å². The Labute approximate surface area is 418 Å². The number of carbonyl (C=O) groups is 1. The molecule has 0 unspecified atom stereocenters. The molecule has 1 aliphatic heterocycles. The van der Waals surface area contributed by atoms with E-state index in [9.17, 15) is 20.1 Å². The van der Waals surface area contributed by atoms with Gasteiger partial charge in [-0.05, 0) is 111 Å². The first-order valence-corrected chi connectivity index (χ1v) is 26.6. The first-order chi connectivity index (χ1) is 34.1. The fourth-order valence-corrected chi connectivity index (χ4v) is 10.8. The van der Waals surface area contributed by atoms with Gasteiger partial charge in [0.1, 0.15) is 28.9 Å². The molecule has 0 bridgehead atoms. The first-order valence-electron chi connectivity index (χ1n) is 26.6. The van der Waals surface area contributed by atoms with Crippen molar-refractivity contribution in [2.24, 2.45) is 22.9 Å². The monoisotopic (exact) mass is 969 g/mol. The summed E-state index contributed by atoms with van der Waals surface area (Å²) in [6.45, 7) is 13.1. The van der Waals surface area contributed by atoms with Crippen molar-refractivity contribution in [1.29, 1.82) is 0 Å². The van der Waals surface area contributed by atoms with Gasteiger partial charge < -0.3 is 43.8 Å². The molecule has 0 aromatic heterocycles. The predicted octanol–water partition coefficient (Wildman–Crippen LogP) is 12.4. The van der Waals surface area contributed by atoms with Crippen LogP contribution in [-0.4, -0.2) is 102 Å². The highest BCUT2D eigenvalue weighted by atomic mass is 16.7. The molecule has 3 aliphatic rings. The van der Waals surface area contributed by atoms with E-state index in [1.165, 1.54) is 44.9 Å². The maximum atomic E-state index is 14.8. The number of unbranched alkanes of at least 4 members (excludes halogenated alkanes) is 11. The van der Waals surface area contributed by atoms with Crippen molar-refractivity contribution in [1.82, 2.24) is 4.90 Å². The topological polar surface area (TPSA) is 149 Å². The van der Waals surface area contributed by atoms with Gasteiger partial charge in [0, 0.05) is 37.7 Å². The largest absolute Gasteiger partial charge is 0.459 e. The molecule has 386 valence electrons. The van der Waals surface area contributed by atoms with Crippen LogP contribution in [-0.2, 0) is 19.0 Å². The third-order valence-electron chi connectivity index (χ3n) is 14.1. The highest BCUT2D eigenvalue weighted by Gasteiger charge is 2.65. The molecular formula is C58H84N2O10. The molecule has 0 saturated heterocycles. The maximum absolute atomic E-state index is 14.8. The smallest absolute Gasteiger partial charge is 0.410 e. The molecule has 1 amide bonds. The van der Waals surface area contributed by atoms with E-state index in [1.807, 2.05) is 57.2 Å². The minimum Gasteiger partial charge on any atom is -0.459 e. The highest BCUT2D eigenvalue weighted by Crippen LogP contribution is 2.62. The quantitative estimate of drug-likeness (QED) is 0.0323. The van der Waals surface area contributed by atoms with Crippen LogP contribution in [0.4, 0.5) is 4.79 Å². The van der Waals surface area contributed by atoms with Crippen molar-refractivity contribution >= 4 is 22.6 Å². The fourth-order valence-electron chi connectivity index (χ4n) is 10.8. The lowest BCUT2D eigenvalue weighted by molar-refractivity contribution is -0.256. The van der Waals surface area contributed by atoms with E-state index in [4.69, 9.17) is 33.7 Å². The number of hydrogen-bond acceptors (Lipinski definition) is 11. The third kappa shape index (κ3) is 14.8. The predicted molar refractivity (Wildman–Crippen MR) is 278 cm³/mol. The molecule has 3 aromatic rings. The van der Waals surface area contributed by atoms with Gasteiger partial charge in [0.05, 0.1) is 44.7 Å². The van der Waals surface area contributed by atoms with Crippen LogP contribution in [0.5, 0.6) is 17.2 Å². The van der Waals surface area contributed by atoms with E-state index >= 15 is 0 Å². The maximum Gasteiger partial charge on any atom is 0.410 e. The molecule has 12 nitrogen and oxygen atoms in total. The SMILES string of the molecule is C=CCO[C@@]12Oc3ccc(Oc4ccc5ccccc5c4)cc3[C@H]3[C@H](CCCCO)[C@@H](CCCCO)C=C(C(=NOC(C)(C)C)C[C@@H]1N(CCOCCO)C(=O)OCCCCCCCCCCCC)[C@H]32. The van der Waals surface area contributed by atoms with E-state index < -0.39 is 29.4 Å². The summed E-state index contributed by atoms with van der Waals surface area (Å²) in [6.07, 6.45) is 20.0. The van der Waals surface area contributed by atoms with E-state index in [1.54, 1.807) is 11.0 Å². The summed E-state index contributed by atoms with van der Waals surface area (Å²) in [4.78, 5) is 22.8. The number of hydrogen-bond donors (Lipinski definition) is 3. The van der Waals surface area contributed by atoms with Crippen LogP contribution in [0.25, 0.3) is 10.8 Å². The van der Waals surface area contributed by atoms with Crippen LogP contribution < -0.4 is 9.47 Å². The molecule has 1 heterocycles. The van der Waals surface area contributed by atoms with Gasteiger partial charge in [-0.2, -0.15) is 0 Å². The zero-order chi connectivity index (χ0) is 49.8. The van der Waals surface area contributed by atoms with Crippen LogP contribution in [0, 0.1) is 17.8 Å². The molecule has 1 fully saturated rings. The van der Waals surface area contributed by atoms with Crippen LogP contribution >= 0.6 is 0 Å². The van der Waals surface area contributed by atoms with Gasteiger partial charge in [0.25, 0.3) is 0 Å². The average Bonchev–Trinajstić information content (AvgIpc) is 3.35. The Balaban J connectivity index is 1.45. The number of allylic oxidation sites excluding steroid dienone is 1. The van der Waals surface area contributed by atoms with Gasteiger partial charge in [-0.25, -0.2) is 4.79 Å². The van der Waals surface area contributed by atoms with Gasteiger partial charge in [0.2, 0.25) is 5.79 Å². The summed E-state index contributed by atoms with van der Waals surface area (Å²) >= 11 is 0. The molecule has 1 saturated carbocycles. The van der Waals surface area contributed by atoms with Crippen molar-refractivity contribution < 1.29 is 48.6 Å². The van der Waals surface area contributed by atoms with Crippen molar-refractivity contribution in [3.63, 3.8) is 0 Å². The summed E-state index contributed by atoms with van der Waals surface area (Å²) in [5.41, 5.74) is 2.00. The lowest BCUT2D eigenvalue weighted by Gasteiger charge is -2.60. The van der Waals surface area contributed by atoms with Crippen molar-refractivity contribution in [3.05, 3.63) is 90.5 Å². The number of amides is 1. The van der Waals surface area contributed by atoms with E-state index in [-0.39, 0.29) is 77.0 Å². The molecule has 12 heteroatoms. The number of aliphatic hydroxyl groups is 3. The second kappa shape index (κ2) is 28.0. The second-order valence-corrected chi connectivity index (χ2v) is 20.4. The molecular weight excluding hydrogens is 885 g/mol. The standard InChI is InChI=1S/C58H84N2O10/c1-6-8-9-10-11-12-13-14-15-22-36-66-56(64)60(31-37-65-38-34-63)53-42-51(59-70-57(3,4)5)49-40-45(25-18-20-32-61)48(26-19-21-33-62)54-50-41-47(68-46-28-27-43-23-16-17-24-44(43)39-46)29-30-52(50)69-58(53,55(49)54)67-35-7-2/h7,16-17,23-24,27-30,39-41,45,48,53-55,61-63H,2,6,8-15,18-22,25-26,31-38,42H2,1,3-5H3/t45-,48+,53-,54+,55+,58+/m0/s1. The second-order valence-electron chi connectivity index (χ2n) is 20.4. The molecule has 2 aliphatic carbocycles. The Morgan fingerprint density at radius 2 is 1.50 bits per heavy atom. The summed E-state index contributed by atoms with van der Waals surface area (Å²) in [5.74, 6) is -0.0774. The summed E-state index contributed by atoms with van der Waals surface area (Å²) in [6, 6.07) is 19.5. The number of oxime groups is 1. The Morgan fingerprint density at radius 3 is 2.20 bits per heavy atom. The summed E-state index contributed by atoms with van der Waals surface area (Å²) in [7, 11) is 0. The van der Waals surface area contributed by atoms with Gasteiger partial charge in [0.15, 0.2) is 0 Å². The third-order valence-corrected chi connectivity index (χ3v) is 14.1. The molecule has 3 N–H and O–H groups in total. The lowest BCUT2D eigenvalue weighted by atomic mass is 9.55. The van der Waals surface area contributed by atoms with Gasteiger partial charge in [-0.3, -0.25) is 4.90 Å². The molecule has 70 heavy (non-hydrogen) atoms. The normalized spacial score (nSPS) is 22.2. The Hall–Kier alpha value is -4.46. The number of ether oxygens (including phenoxy) is 5. The molecule has 0 spiro atoms. The van der Waals surface area contributed by atoms with Crippen molar-refractivity contribution in [2.75, 3.05) is 52.8 Å². The fraction of sp³-hybridized carbons (Fsp3) is 0.621. The first kappa shape index (κ1) is 54.9. The minimum absolute atomic E-state index is 0.0393. The molecule has 6 rings (SSSR count). The van der Waals surface area contributed by atoms with Gasteiger partial charge in [-0.15, -0.1) is 6.58 Å². The number of benzene rings is 3. The van der Waals surface area contributed by atoms with E-state index in [0.717, 1.165) is 66.9 Å². The number of fused-ring (bicyclic) bond motifs is 3. The van der Waals surface area contributed by atoms with Gasteiger partial charge in [-0.1, -0.05) is 125 Å². The number of rotatable bonds is 31. The van der Waals surface area contributed by atoms with Crippen LogP contribution in [0.3, 0.4) is 0 Å².